The Kier molecular flexibility index (Phi) is 8.88. The van der Waals surface area contributed by atoms with Crippen LogP contribution in [0.4, 0.5) is 0 Å². The molecule has 0 bridgehead atoms. The summed E-state index contributed by atoms with van der Waals surface area (Å²) in [6.45, 7) is 4.00. The Labute approximate surface area is 228 Å². The van der Waals surface area contributed by atoms with E-state index in [0.717, 1.165) is 24.9 Å². The van der Waals surface area contributed by atoms with Gasteiger partial charge in [-0.05, 0) is 55.5 Å². The summed E-state index contributed by atoms with van der Waals surface area (Å²) in [5.41, 5.74) is 9.73. The van der Waals surface area contributed by atoms with Crippen molar-refractivity contribution in [2.75, 3.05) is 18.1 Å². The van der Waals surface area contributed by atoms with Gasteiger partial charge >= 0.3 is 0 Å². The van der Waals surface area contributed by atoms with E-state index in [2.05, 4.69) is 10.3 Å². The maximum Gasteiger partial charge on any atom is 0.267 e. The van der Waals surface area contributed by atoms with Crippen molar-refractivity contribution < 1.29 is 21.6 Å². The first-order valence-corrected chi connectivity index (χ1v) is 16.8. The van der Waals surface area contributed by atoms with Crippen molar-refractivity contribution in [3.8, 4) is 0 Å². The molecule has 1 amide bonds. The molecule has 9 nitrogen and oxygen atoms in total. The predicted octanol–water partition coefficient (Wildman–Crippen LogP) is 2.78. The number of nitrogens with two attached hydrogens (primary N) is 1. The highest BCUT2D eigenvalue weighted by atomic mass is 32.2. The Hall–Kier alpha value is -2.38. The van der Waals surface area contributed by atoms with Crippen molar-refractivity contribution in [1.82, 2.24) is 14.6 Å². The first-order valence-electron chi connectivity index (χ1n) is 12.6. The van der Waals surface area contributed by atoms with Crippen molar-refractivity contribution in [1.29, 1.82) is 0 Å². The van der Waals surface area contributed by atoms with Gasteiger partial charge in [-0.2, -0.15) is 0 Å². The number of hydrogen-bond donors (Lipinski definition) is 2. The van der Waals surface area contributed by atoms with E-state index >= 15 is 0 Å². The SMILES string of the molecule is CC(CS(=O)(=O)C[C@H]1CCCN1)C(=O)N([C@H](N)[C@@H](C)Cc1ccccc1)S(=O)(=O)c1ccc2ncsc2c1. The molecule has 3 aromatic rings. The van der Waals surface area contributed by atoms with Crippen LogP contribution >= 0.6 is 11.3 Å². The number of aromatic nitrogens is 1. The minimum atomic E-state index is -4.40. The molecule has 0 radical (unpaired) electrons. The molecular formula is C26H34N4O5S3. The summed E-state index contributed by atoms with van der Waals surface area (Å²) in [6.07, 6.45) is 0.893. The van der Waals surface area contributed by atoms with Crippen LogP contribution in [0.15, 0.2) is 58.9 Å². The zero-order valence-corrected chi connectivity index (χ0v) is 23.9. The Morgan fingerprint density at radius 2 is 1.89 bits per heavy atom. The van der Waals surface area contributed by atoms with Gasteiger partial charge in [0.2, 0.25) is 5.91 Å². The largest absolute Gasteiger partial charge is 0.313 e. The highest BCUT2D eigenvalue weighted by Crippen LogP contribution is 2.28. The molecule has 2 heterocycles. The predicted molar refractivity (Wildman–Crippen MR) is 150 cm³/mol. The molecule has 38 heavy (non-hydrogen) atoms. The van der Waals surface area contributed by atoms with Crippen LogP contribution in [0.5, 0.6) is 0 Å². The lowest BCUT2D eigenvalue weighted by Gasteiger charge is -2.34. The van der Waals surface area contributed by atoms with Gasteiger partial charge in [0.05, 0.1) is 44.2 Å². The molecule has 1 saturated heterocycles. The van der Waals surface area contributed by atoms with Crippen LogP contribution in [0.1, 0.15) is 32.3 Å². The van der Waals surface area contributed by atoms with Crippen LogP contribution < -0.4 is 11.1 Å². The van der Waals surface area contributed by atoms with E-state index in [1.54, 1.807) is 18.5 Å². The number of nitrogens with one attached hydrogen (secondary N) is 1. The number of carbonyl (C=O) groups is 1. The third-order valence-electron chi connectivity index (χ3n) is 6.87. The molecule has 4 atom stereocenters. The molecule has 1 aliphatic rings. The molecule has 2 aromatic carbocycles. The molecule has 3 N–H and O–H groups in total. The van der Waals surface area contributed by atoms with Crippen molar-refractivity contribution in [3.05, 3.63) is 59.6 Å². The summed E-state index contributed by atoms with van der Waals surface area (Å²) in [5.74, 6) is -2.91. The fourth-order valence-electron chi connectivity index (χ4n) is 4.82. The first-order chi connectivity index (χ1) is 18.0. The molecule has 1 unspecified atom stereocenters. The lowest BCUT2D eigenvalue weighted by atomic mass is 9.98. The molecular weight excluding hydrogens is 545 g/mol. The average Bonchev–Trinajstić information content (AvgIpc) is 3.55. The summed E-state index contributed by atoms with van der Waals surface area (Å²) >= 11 is 1.29. The average molecular weight is 579 g/mol. The normalized spacial score (nSPS) is 18.8. The second kappa shape index (κ2) is 11.8. The van der Waals surface area contributed by atoms with Crippen molar-refractivity contribution in [3.63, 3.8) is 0 Å². The molecule has 1 fully saturated rings. The second-order valence-electron chi connectivity index (χ2n) is 10.0. The summed E-state index contributed by atoms with van der Waals surface area (Å²) in [7, 11) is -8.02. The second-order valence-corrected chi connectivity index (χ2v) is 14.9. The lowest BCUT2D eigenvalue weighted by molar-refractivity contribution is -0.131. The van der Waals surface area contributed by atoms with E-state index < -0.39 is 49.5 Å². The minimum absolute atomic E-state index is 0.0874. The van der Waals surface area contributed by atoms with Crippen LogP contribution in [0.3, 0.4) is 0 Å². The van der Waals surface area contributed by atoms with Crippen molar-refractivity contribution >= 4 is 47.3 Å². The highest BCUT2D eigenvalue weighted by molar-refractivity contribution is 7.91. The topological polar surface area (TPSA) is 140 Å². The van der Waals surface area contributed by atoms with Crippen molar-refractivity contribution in [2.45, 2.75) is 50.2 Å². The first kappa shape index (κ1) is 28.6. The fraction of sp³-hybridized carbons (Fsp3) is 0.462. The maximum atomic E-state index is 13.9. The number of rotatable bonds is 11. The van der Waals surface area contributed by atoms with E-state index in [-0.39, 0.29) is 16.7 Å². The summed E-state index contributed by atoms with van der Waals surface area (Å²) in [4.78, 5) is 17.9. The number of sulfonamides is 1. The summed E-state index contributed by atoms with van der Waals surface area (Å²) in [5, 5.41) is 3.16. The van der Waals surface area contributed by atoms with Gasteiger partial charge < -0.3 is 11.1 Å². The number of amides is 1. The van der Waals surface area contributed by atoms with Gasteiger partial charge in [-0.15, -0.1) is 11.3 Å². The van der Waals surface area contributed by atoms with Gasteiger partial charge in [-0.1, -0.05) is 44.2 Å². The van der Waals surface area contributed by atoms with Gasteiger partial charge in [0.15, 0.2) is 9.84 Å². The van der Waals surface area contributed by atoms with E-state index in [0.29, 0.717) is 20.9 Å². The number of thiazole rings is 1. The Bertz CT molecular complexity index is 1470. The van der Waals surface area contributed by atoms with Gasteiger partial charge in [0, 0.05) is 6.04 Å². The summed E-state index contributed by atoms with van der Waals surface area (Å²) in [6, 6.07) is 13.8. The third-order valence-corrected chi connectivity index (χ3v) is 11.4. The molecule has 0 spiro atoms. The number of carbonyl (C=O) groups excluding carboxylic acids is 1. The number of hydrogen-bond acceptors (Lipinski definition) is 9. The smallest absolute Gasteiger partial charge is 0.267 e. The van der Waals surface area contributed by atoms with Crippen LogP contribution in [0.2, 0.25) is 0 Å². The van der Waals surface area contributed by atoms with Gasteiger partial charge in [-0.25, -0.2) is 26.1 Å². The summed E-state index contributed by atoms with van der Waals surface area (Å²) < 4.78 is 55.1. The van der Waals surface area contributed by atoms with Crippen LogP contribution in [-0.2, 0) is 31.1 Å². The third kappa shape index (κ3) is 6.60. The lowest BCUT2D eigenvalue weighted by Crippen LogP contribution is -2.55. The monoisotopic (exact) mass is 578 g/mol. The zero-order chi connectivity index (χ0) is 27.5. The Morgan fingerprint density at radius 1 is 1.16 bits per heavy atom. The molecule has 1 aliphatic heterocycles. The molecule has 12 heteroatoms. The molecule has 206 valence electrons. The fourth-order valence-corrected chi connectivity index (χ4v) is 9.22. The quantitative estimate of drug-likeness (QED) is 0.331. The van der Waals surface area contributed by atoms with E-state index in [9.17, 15) is 21.6 Å². The molecule has 0 saturated carbocycles. The van der Waals surface area contributed by atoms with Crippen LogP contribution in [-0.4, -0.2) is 62.3 Å². The van der Waals surface area contributed by atoms with Crippen molar-refractivity contribution in [2.24, 2.45) is 17.6 Å². The Balaban J connectivity index is 1.64. The highest BCUT2D eigenvalue weighted by Gasteiger charge is 2.40. The number of fused-ring (bicyclic) bond motifs is 1. The molecule has 1 aromatic heterocycles. The molecule has 4 rings (SSSR count). The van der Waals surface area contributed by atoms with Crippen LogP contribution in [0, 0.1) is 11.8 Å². The number of sulfone groups is 1. The zero-order valence-electron chi connectivity index (χ0n) is 21.5. The number of nitrogens with zero attached hydrogens (tertiary/aromatic N) is 2. The van der Waals surface area contributed by atoms with E-state index in [1.807, 2.05) is 30.3 Å². The van der Waals surface area contributed by atoms with Gasteiger partial charge in [0.25, 0.3) is 10.0 Å². The van der Waals surface area contributed by atoms with E-state index in [4.69, 9.17) is 5.73 Å². The maximum absolute atomic E-state index is 13.9. The van der Waals surface area contributed by atoms with Crippen LogP contribution in [0.25, 0.3) is 10.2 Å². The minimum Gasteiger partial charge on any atom is -0.313 e. The Morgan fingerprint density at radius 3 is 2.58 bits per heavy atom. The number of benzene rings is 2. The molecule has 0 aliphatic carbocycles. The van der Waals surface area contributed by atoms with Gasteiger partial charge in [-0.3, -0.25) is 4.79 Å². The standard InChI is InChI=1S/C26H34N4O5S3/c1-18(13-20-7-4-3-5-8-20)25(27)30(38(34,35)22-10-11-23-24(14-22)36-17-29-23)26(31)19(2)15-37(32,33)16-21-9-6-12-28-21/h3-5,7-8,10-11,14,17-19,21,25,28H,6,9,12-13,15-16,27H2,1-2H3/t18-,19?,21+,25-/m0/s1. The van der Waals surface area contributed by atoms with Gasteiger partial charge in [0.1, 0.15) is 0 Å². The van der Waals surface area contributed by atoms with E-state index in [1.165, 1.54) is 30.4 Å².